The van der Waals surface area contributed by atoms with E-state index in [1.807, 2.05) is 19.9 Å². The van der Waals surface area contributed by atoms with Gasteiger partial charge in [0, 0.05) is 27.9 Å². The van der Waals surface area contributed by atoms with E-state index in [-0.39, 0.29) is 12.3 Å². The maximum Gasteiger partial charge on any atom is 0.230 e. The van der Waals surface area contributed by atoms with Crippen LogP contribution in [0, 0.1) is 13.8 Å². The fourth-order valence-electron chi connectivity index (χ4n) is 2.79. The third-order valence-corrected chi connectivity index (χ3v) is 5.76. The summed E-state index contributed by atoms with van der Waals surface area (Å²) in [4.78, 5) is 30.1. The molecule has 0 aliphatic carbocycles. The highest BCUT2D eigenvalue weighted by Crippen LogP contribution is 2.37. The summed E-state index contributed by atoms with van der Waals surface area (Å²) >= 11 is 7.38. The topological polar surface area (TPSA) is 79.5 Å². The molecular formula is C20H19ClN4O2S. The number of hydrazine groups is 2. The van der Waals surface area contributed by atoms with E-state index >= 15 is 0 Å². The highest BCUT2D eigenvalue weighted by molar-refractivity contribution is 7.16. The smallest absolute Gasteiger partial charge is 0.230 e. The van der Waals surface area contributed by atoms with Gasteiger partial charge in [-0.3, -0.25) is 14.6 Å². The maximum absolute atomic E-state index is 13.2. The van der Waals surface area contributed by atoms with Crippen LogP contribution in [0.25, 0.3) is 0 Å². The lowest BCUT2D eigenvalue weighted by atomic mass is 10.0. The van der Waals surface area contributed by atoms with Crippen molar-refractivity contribution in [3.8, 4) is 0 Å². The van der Waals surface area contributed by atoms with E-state index in [4.69, 9.17) is 17.4 Å². The number of aromatic nitrogens is 1. The molecule has 0 aliphatic heterocycles. The summed E-state index contributed by atoms with van der Waals surface area (Å²) in [5.74, 6) is 5.95. The van der Waals surface area contributed by atoms with Gasteiger partial charge >= 0.3 is 0 Å². The molecule has 1 amide bonds. The molecule has 0 aliphatic rings. The monoisotopic (exact) mass is 414 g/mol. The first kappa shape index (κ1) is 20.2. The van der Waals surface area contributed by atoms with Gasteiger partial charge in [-0.1, -0.05) is 29.8 Å². The van der Waals surface area contributed by atoms with Gasteiger partial charge in [0.2, 0.25) is 6.41 Å². The van der Waals surface area contributed by atoms with Crippen LogP contribution >= 0.6 is 22.9 Å². The molecule has 0 saturated carbocycles. The average Bonchev–Trinajstić information content (AvgIpc) is 2.97. The molecule has 0 spiro atoms. The molecule has 3 aromatic rings. The number of carbonyl (C=O) groups excluding carboxylic acids is 2. The first-order valence-corrected chi connectivity index (χ1v) is 9.67. The predicted molar refractivity (Wildman–Crippen MR) is 111 cm³/mol. The number of nitrogens with zero attached hydrogens (tertiary/aromatic N) is 3. The van der Waals surface area contributed by atoms with E-state index in [0.717, 1.165) is 16.0 Å². The minimum atomic E-state index is -0.207. The van der Waals surface area contributed by atoms with Crippen LogP contribution in [-0.2, 0) is 11.3 Å². The Bertz CT molecular complexity index is 1010. The van der Waals surface area contributed by atoms with Crippen LogP contribution in [-0.4, -0.2) is 22.3 Å². The van der Waals surface area contributed by atoms with Crippen LogP contribution in [0.4, 0.5) is 5.00 Å². The Morgan fingerprint density at radius 2 is 2.07 bits per heavy atom. The van der Waals surface area contributed by atoms with Crippen molar-refractivity contribution in [3.05, 3.63) is 80.9 Å². The highest BCUT2D eigenvalue weighted by atomic mass is 35.5. The number of nitrogens with two attached hydrogens (primary N) is 1. The van der Waals surface area contributed by atoms with Crippen molar-refractivity contribution in [1.29, 1.82) is 0 Å². The van der Waals surface area contributed by atoms with Crippen molar-refractivity contribution < 1.29 is 9.59 Å². The quantitative estimate of drug-likeness (QED) is 0.274. The molecule has 2 heterocycles. The first-order valence-electron chi connectivity index (χ1n) is 8.48. The number of pyridine rings is 1. The number of ketones is 1. The standard InChI is InChI=1S/C20H19ClN4O2S/c1-13-14(2)28-20(18(13)19(27)16-6-3-7-17(21)9-16)24(12-26)25(22)11-15-5-4-8-23-10-15/h3-10,12H,11,22H2,1-2H3. The number of thiophene rings is 1. The van der Waals surface area contributed by atoms with Crippen molar-refractivity contribution in [2.45, 2.75) is 20.4 Å². The van der Waals surface area contributed by atoms with E-state index < -0.39 is 0 Å². The van der Waals surface area contributed by atoms with Crippen molar-refractivity contribution in [2.75, 3.05) is 5.01 Å². The van der Waals surface area contributed by atoms with Gasteiger partial charge < -0.3 is 0 Å². The van der Waals surface area contributed by atoms with Crippen LogP contribution < -0.4 is 10.9 Å². The summed E-state index contributed by atoms with van der Waals surface area (Å²) in [7, 11) is 0. The fraction of sp³-hybridized carbons (Fsp3) is 0.150. The zero-order chi connectivity index (χ0) is 20.3. The number of hydrogen-bond acceptors (Lipinski definition) is 6. The molecule has 0 atom stereocenters. The molecule has 1 aromatic carbocycles. The number of rotatable bonds is 7. The van der Waals surface area contributed by atoms with E-state index in [1.165, 1.54) is 21.5 Å². The molecule has 8 heteroatoms. The molecule has 0 radical (unpaired) electrons. The lowest BCUT2D eigenvalue weighted by molar-refractivity contribution is -0.110. The van der Waals surface area contributed by atoms with Gasteiger partial charge in [-0.25, -0.2) is 10.9 Å². The number of halogens is 1. The molecular weight excluding hydrogens is 396 g/mol. The van der Waals surface area contributed by atoms with Gasteiger partial charge in [0.15, 0.2) is 5.78 Å². The zero-order valence-corrected chi connectivity index (χ0v) is 17.0. The SMILES string of the molecule is Cc1sc(N(C=O)N(N)Cc2cccnc2)c(C(=O)c2cccc(Cl)c2)c1C. The third-order valence-electron chi connectivity index (χ3n) is 4.33. The fourth-order valence-corrected chi connectivity index (χ4v) is 4.12. The van der Waals surface area contributed by atoms with Gasteiger partial charge in [0.05, 0.1) is 12.1 Å². The van der Waals surface area contributed by atoms with Crippen molar-refractivity contribution in [2.24, 2.45) is 5.84 Å². The summed E-state index contributed by atoms with van der Waals surface area (Å²) in [6.45, 7) is 4.02. The summed E-state index contributed by atoms with van der Waals surface area (Å²) in [5.41, 5.74) is 2.55. The maximum atomic E-state index is 13.2. The number of aryl methyl sites for hydroxylation is 1. The number of hydrogen-bond donors (Lipinski definition) is 1. The highest BCUT2D eigenvalue weighted by Gasteiger charge is 2.27. The molecule has 0 unspecified atom stereocenters. The normalized spacial score (nSPS) is 10.9. The van der Waals surface area contributed by atoms with Gasteiger partial charge in [0.25, 0.3) is 0 Å². The van der Waals surface area contributed by atoms with Crippen molar-refractivity contribution in [3.63, 3.8) is 0 Å². The Morgan fingerprint density at radius 1 is 1.29 bits per heavy atom. The second-order valence-electron chi connectivity index (χ2n) is 6.21. The lowest BCUT2D eigenvalue weighted by Gasteiger charge is -2.27. The predicted octanol–water partition coefficient (Wildman–Crippen LogP) is 3.90. The second kappa shape index (κ2) is 8.62. The molecule has 0 fully saturated rings. The number of anilines is 1. The Morgan fingerprint density at radius 3 is 2.71 bits per heavy atom. The number of benzene rings is 1. The summed E-state index contributed by atoms with van der Waals surface area (Å²) in [6.07, 6.45) is 3.94. The van der Waals surface area contributed by atoms with E-state index in [9.17, 15) is 9.59 Å². The molecule has 3 rings (SSSR count). The van der Waals surface area contributed by atoms with Gasteiger partial charge in [0.1, 0.15) is 5.00 Å². The van der Waals surface area contributed by atoms with Crippen LogP contribution in [0.5, 0.6) is 0 Å². The Labute approximate surface area is 172 Å². The molecule has 6 nitrogen and oxygen atoms in total. The summed E-state index contributed by atoms with van der Waals surface area (Å²) in [5, 5.41) is 3.47. The first-order chi connectivity index (χ1) is 13.4. The van der Waals surface area contributed by atoms with Crippen LogP contribution in [0.1, 0.15) is 31.9 Å². The zero-order valence-electron chi connectivity index (χ0n) is 15.4. The molecule has 144 valence electrons. The van der Waals surface area contributed by atoms with Crippen LogP contribution in [0.3, 0.4) is 0 Å². The van der Waals surface area contributed by atoms with Gasteiger partial charge in [-0.05, 0) is 43.2 Å². The van der Waals surface area contributed by atoms with Crippen LogP contribution in [0.15, 0.2) is 48.8 Å². The molecule has 0 bridgehead atoms. The number of amides is 1. The van der Waals surface area contributed by atoms with Gasteiger partial charge in [-0.15, -0.1) is 16.5 Å². The van der Waals surface area contributed by atoms with Crippen molar-refractivity contribution >= 4 is 40.1 Å². The van der Waals surface area contributed by atoms with Gasteiger partial charge in [-0.2, -0.15) is 0 Å². The van der Waals surface area contributed by atoms with E-state index in [0.29, 0.717) is 27.6 Å². The largest absolute Gasteiger partial charge is 0.288 e. The second-order valence-corrected chi connectivity index (χ2v) is 7.85. The Kier molecular flexibility index (Phi) is 6.21. The summed E-state index contributed by atoms with van der Waals surface area (Å²) < 4.78 is 0. The van der Waals surface area contributed by atoms with Crippen LogP contribution in [0.2, 0.25) is 5.02 Å². The summed E-state index contributed by atoms with van der Waals surface area (Å²) in [6, 6.07) is 10.4. The third kappa shape index (κ3) is 4.13. The lowest BCUT2D eigenvalue weighted by Crippen LogP contribution is -2.46. The Hall–Kier alpha value is -2.58. The van der Waals surface area contributed by atoms with E-state index in [1.54, 1.807) is 42.7 Å². The van der Waals surface area contributed by atoms with E-state index in [2.05, 4.69) is 4.98 Å². The molecule has 28 heavy (non-hydrogen) atoms. The Balaban J connectivity index is 1.99. The number of carbonyl (C=O) groups is 2. The molecule has 0 saturated heterocycles. The van der Waals surface area contributed by atoms with Crippen molar-refractivity contribution in [1.82, 2.24) is 10.1 Å². The molecule has 2 N–H and O–H groups in total. The molecule has 2 aromatic heterocycles. The minimum absolute atomic E-state index is 0.207. The minimum Gasteiger partial charge on any atom is -0.288 e. The average molecular weight is 415 g/mol.